The largest absolute Gasteiger partial charge is 0.504 e. The van der Waals surface area contributed by atoms with Crippen molar-refractivity contribution in [1.82, 2.24) is 0 Å². The molecule has 0 saturated carbocycles. The number of hydrogen-bond donors (Lipinski definition) is 1. The van der Waals surface area contributed by atoms with Gasteiger partial charge in [-0.2, -0.15) is 0 Å². The van der Waals surface area contributed by atoms with Crippen LogP contribution in [0.4, 0.5) is 0 Å². The topological polar surface area (TPSA) is 101 Å². The number of phenolic OH excluding ortho intramolecular Hbond substituents is 1. The van der Waals surface area contributed by atoms with Crippen molar-refractivity contribution < 1.29 is 38.4 Å². The van der Waals surface area contributed by atoms with E-state index in [0.29, 0.717) is 23.7 Å². The number of phenols is 1. The monoisotopic (exact) mass is 484 g/mol. The molecule has 2 aliphatic rings. The zero-order valence-corrected chi connectivity index (χ0v) is 21.1. The van der Waals surface area contributed by atoms with Crippen LogP contribution in [-0.4, -0.2) is 45.1 Å². The Morgan fingerprint density at radius 1 is 0.914 bits per heavy atom. The molecule has 0 bridgehead atoms. The van der Waals surface area contributed by atoms with E-state index in [-0.39, 0.29) is 41.0 Å². The molecule has 0 spiro atoms. The van der Waals surface area contributed by atoms with Crippen LogP contribution in [0, 0.1) is 12.8 Å². The first-order valence-corrected chi connectivity index (χ1v) is 11.3. The molecular weight excluding hydrogens is 452 g/mol. The van der Waals surface area contributed by atoms with Gasteiger partial charge in [-0.1, -0.05) is 19.9 Å². The lowest BCUT2D eigenvalue weighted by atomic mass is 9.89. The molecule has 0 aromatic heterocycles. The second-order valence-corrected chi connectivity index (χ2v) is 8.55. The summed E-state index contributed by atoms with van der Waals surface area (Å²) in [5.74, 6) is 2.63. The van der Waals surface area contributed by atoms with Crippen LogP contribution in [0.1, 0.15) is 49.0 Å². The molecule has 2 unspecified atom stereocenters. The Balaban J connectivity index is 0.000000261. The lowest BCUT2D eigenvalue weighted by Gasteiger charge is -2.18. The third kappa shape index (κ3) is 5.06. The summed E-state index contributed by atoms with van der Waals surface area (Å²) >= 11 is 0. The summed E-state index contributed by atoms with van der Waals surface area (Å²) in [5.41, 5.74) is 2.79. The van der Waals surface area contributed by atoms with Gasteiger partial charge in [0, 0.05) is 41.5 Å². The number of rotatable bonds is 5. The number of carbonyl (C=O) groups excluding carboxylic acids is 2. The zero-order chi connectivity index (χ0) is 25.9. The Labute approximate surface area is 205 Å². The van der Waals surface area contributed by atoms with Gasteiger partial charge >= 0.3 is 0 Å². The SMILES string of the molecule is COC1=CC(=O)CC(C)C1=O.COc1ccc([C@@H]2Oc3cc(OC)c(O)c(C)c3C2C)cc1OC. The molecule has 188 valence electrons. The number of allylic oxidation sites excluding steroid dienone is 2. The average molecular weight is 485 g/mol. The van der Waals surface area contributed by atoms with Gasteiger partial charge in [-0.15, -0.1) is 0 Å². The summed E-state index contributed by atoms with van der Waals surface area (Å²) in [4.78, 5) is 22.0. The molecule has 8 nitrogen and oxygen atoms in total. The van der Waals surface area contributed by atoms with E-state index in [2.05, 4.69) is 6.92 Å². The normalized spacial score (nSPS) is 20.7. The zero-order valence-electron chi connectivity index (χ0n) is 21.1. The molecule has 0 fully saturated rings. The first-order chi connectivity index (χ1) is 16.7. The number of hydrogen-bond acceptors (Lipinski definition) is 8. The molecule has 4 rings (SSSR count). The smallest absolute Gasteiger partial charge is 0.200 e. The van der Waals surface area contributed by atoms with Crippen molar-refractivity contribution in [3.63, 3.8) is 0 Å². The standard InChI is InChI=1S/C19H22O5.C8H10O3/c1-10-17-11(2)19(24-15(17)9-16(23-5)18(10)20)12-6-7-13(21-3)14(8-12)22-4;1-5-3-6(9)4-7(11-2)8(5)10/h6-9,11,19-20H,1-5H3;4-5H,3H2,1-2H3/t11?,19-;/m1./s1. The van der Waals surface area contributed by atoms with Crippen LogP contribution in [0.25, 0.3) is 0 Å². The Bertz CT molecular complexity index is 1150. The molecule has 0 amide bonds. The van der Waals surface area contributed by atoms with Crippen molar-refractivity contribution >= 4 is 11.6 Å². The maximum atomic E-state index is 11.2. The van der Waals surface area contributed by atoms with E-state index >= 15 is 0 Å². The van der Waals surface area contributed by atoms with Crippen LogP contribution in [0.2, 0.25) is 0 Å². The van der Waals surface area contributed by atoms with E-state index in [0.717, 1.165) is 22.4 Å². The fourth-order valence-electron chi connectivity index (χ4n) is 4.43. The molecule has 1 heterocycles. The fourth-order valence-corrected chi connectivity index (χ4v) is 4.43. The molecule has 8 heteroatoms. The van der Waals surface area contributed by atoms with Gasteiger partial charge < -0.3 is 28.8 Å². The van der Waals surface area contributed by atoms with Crippen molar-refractivity contribution in [2.75, 3.05) is 28.4 Å². The highest BCUT2D eigenvalue weighted by molar-refractivity contribution is 6.08. The number of benzene rings is 2. The Hall–Kier alpha value is -3.68. The van der Waals surface area contributed by atoms with Crippen LogP contribution in [0.5, 0.6) is 28.7 Å². The van der Waals surface area contributed by atoms with Crippen molar-refractivity contribution in [3.8, 4) is 28.7 Å². The van der Waals surface area contributed by atoms with Gasteiger partial charge in [-0.25, -0.2) is 0 Å². The summed E-state index contributed by atoms with van der Waals surface area (Å²) in [6.07, 6.45) is 1.42. The van der Waals surface area contributed by atoms with Crippen molar-refractivity contribution in [2.45, 2.75) is 39.2 Å². The quantitative estimate of drug-likeness (QED) is 0.654. The molecule has 2 aromatic carbocycles. The highest BCUT2D eigenvalue weighted by Gasteiger charge is 2.36. The maximum absolute atomic E-state index is 11.2. The number of methoxy groups -OCH3 is 4. The second kappa shape index (κ2) is 10.7. The Kier molecular flexibility index (Phi) is 7.94. The number of ketones is 2. The molecule has 35 heavy (non-hydrogen) atoms. The first kappa shape index (κ1) is 25.9. The van der Waals surface area contributed by atoms with Gasteiger partial charge in [0.25, 0.3) is 0 Å². The Morgan fingerprint density at radius 2 is 1.57 bits per heavy atom. The summed E-state index contributed by atoms with van der Waals surface area (Å²) in [7, 11) is 6.16. The summed E-state index contributed by atoms with van der Waals surface area (Å²) in [6.45, 7) is 5.70. The molecule has 2 aromatic rings. The van der Waals surface area contributed by atoms with Crippen LogP contribution in [-0.2, 0) is 14.3 Å². The minimum atomic E-state index is -0.220. The van der Waals surface area contributed by atoms with Crippen LogP contribution >= 0.6 is 0 Å². The number of Topliss-reactive ketones (excluding diaryl/α,β-unsaturated/α-hetero) is 1. The van der Waals surface area contributed by atoms with Gasteiger partial charge in [0.15, 0.2) is 34.5 Å². The van der Waals surface area contributed by atoms with Crippen molar-refractivity contribution in [3.05, 3.63) is 52.8 Å². The molecule has 3 atom stereocenters. The third-order valence-corrected chi connectivity index (χ3v) is 6.35. The minimum Gasteiger partial charge on any atom is -0.504 e. The summed E-state index contributed by atoms with van der Waals surface area (Å²) in [6, 6.07) is 7.52. The van der Waals surface area contributed by atoms with Crippen LogP contribution < -0.4 is 18.9 Å². The summed E-state index contributed by atoms with van der Waals surface area (Å²) < 4.78 is 26.8. The number of ether oxygens (including phenoxy) is 5. The third-order valence-electron chi connectivity index (χ3n) is 6.35. The van der Waals surface area contributed by atoms with Gasteiger partial charge in [-0.05, 0) is 24.6 Å². The lowest BCUT2D eigenvalue weighted by molar-refractivity contribution is -0.127. The predicted molar refractivity (Wildman–Crippen MR) is 130 cm³/mol. The van der Waals surface area contributed by atoms with Gasteiger partial charge in [0.1, 0.15) is 11.9 Å². The number of fused-ring (bicyclic) bond motifs is 1. The predicted octanol–water partition coefficient (Wildman–Crippen LogP) is 4.66. The molecule has 1 N–H and O–H groups in total. The van der Waals surface area contributed by atoms with E-state index in [9.17, 15) is 14.7 Å². The fraction of sp³-hybridized carbons (Fsp3) is 0.407. The van der Waals surface area contributed by atoms with Crippen LogP contribution in [0.15, 0.2) is 36.1 Å². The van der Waals surface area contributed by atoms with Crippen molar-refractivity contribution in [2.24, 2.45) is 5.92 Å². The average Bonchev–Trinajstić information content (AvgIpc) is 3.19. The number of aromatic hydroxyl groups is 1. The van der Waals surface area contributed by atoms with E-state index in [4.69, 9.17) is 23.7 Å². The first-order valence-electron chi connectivity index (χ1n) is 11.3. The highest BCUT2D eigenvalue weighted by atomic mass is 16.5. The van der Waals surface area contributed by atoms with Gasteiger partial charge in [0.2, 0.25) is 5.78 Å². The molecule has 1 aliphatic carbocycles. The van der Waals surface area contributed by atoms with Gasteiger partial charge in [0.05, 0.1) is 28.4 Å². The van der Waals surface area contributed by atoms with E-state index in [1.807, 2.05) is 25.1 Å². The van der Waals surface area contributed by atoms with Gasteiger partial charge in [-0.3, -0.25) is 9.59 Å². The number of carbonyl (C=O) groups is 2. The minimum absolute atomic E-state index is 0.0334. The maximum Gasteiger partial charge on any atom is 0.200 e. The highest BCUT2D eigenvalue weighted by Crippen LogP contribution is 2.52. The van der Waals surface area contributed by atoms with Crippen LogP contribution in [0.3, 0.4) is 0 Å². The Morgan fingerprint density at radius 3 is 2.17 bits per heavy atom. The molecule has 0 radical (unpaired) electrons. The van der Waals surface area contributed by atoms with Crippen molar-refractivity contribution in [1.29, 1.82) is 0 Å². The van der Waals surface area contributed by atoms with E-state index in [1.165, 1.54) is 20.3 Å². The summed E-state index contributed by atoms with van der Waals surface area (Å²) in [5, 5.41) is 10.3. The van der Waals surface area contributed by atoms with E-state index in [1.54, 1.807) is 27.2 Å². The lowest BCUT2D eigenvalue weighted by Crippen LogP contribution is -2.23. The second-order valence-electron chi connectivity index (χ2n) is 8.55. The molecular formula is C27H32O8. The van der Waals surface area contributed by atoms with E-state index < -0.39 is 0 Å². The molecule has 0 saturated heterocycles. The molecule has 1 aliphatic heterocycles.